The van der Waals surface area contributed by atoms with Crippen LogP contribution in [0.4, 0.5) is 13.2 Å². The average molecular weight is 458 g/mol. The Balaban J connectivity index is 1.45. The van der Waals surface area contributed by atoms with Gasteiger partial charge in [0.25, 0.3) is 0 Å². The topological polar surface area (TPSA) is 71.3 Å². The standard InChI is InChI=1S/C24H25F3N4O2/c1-15-7-6-10-18(29-15)11-28-22(32)19-12-31(13-20(19)24(25,26)27)14-21-16(2)33-23(30-21)17-8-4-3-5-9-17/h3-10,19-20H,11-14H2,1-2H3,(H,28,32)/t19-,20-/m0/s1. The highest BCUT2D eigenvalue weighted by Crippen LogP contribution is 2.38. The third-order valence-corrected chi connectivity index (χ3v) is 5.83. The number of carbonyl (C=O) groups excluding carboxylic acids is 1. The van der Waals surface area contributed by atoms with E-state index in [0.717, 1.165) is 11.3 Å². The van der Waals surface area contributed by atoms with Crippen LogP contribution in [0.1, 0.15) is 22.8 Å². The zero-order chi connectivity index (χ0) is 23.6. The molecule has 6 nitrogen and oxygen atoms in total. The van der Waals surface area contributed by atoms with E-state index < -0.39 is 23.9 Å². The summed E-state index contributed by atoms with van der Waals surface area (Å²) in [7, 11) is 0. The summed E-state index contributed by atoms with van der Waals surface area (Å²) in [4.78, 5) is 23.1. The van der Waals surface area contributed by atoms with Crippen molar-refractivity contribution in [2.45, 2.75) is 33.1 Å². The number of halogens is 3. The van der Waals surface area contributed by atoms with Gasteiger partial charge in [-0.1, -0.05) is 24.3 Å². The van der Waals surface area contributed by atoms with Gasteiger partial charge in [-0.2, -0.15) is 13.2 Å². The highest BCUT2D eigenvalue weighted by Gasteiger charge is 2.52. The normalized spacial score (nSPS) is 19.1. The SMILES string of the molecule is Cc1cccc(CNC(=O)[C@H]2CN(Cc3nc(-c4ccccc4)oc3C)C[C@@H]2C(F)(F)F)n1. The molecule has 0 bridgehead atoms. The molecule has 3 heterocycles. The van der Waals surface area contributed by atoms with Crippen molar-refractivity contribution in [1.82, 2.24) is 20.2 Å². The van der Waals surface area contributed by atoms with E-state index in [9.17, 15) is 18.0 Å². The van der Waals surface area contributed by atoms with Gasteiger partial charge in [0.05, 0.1) is 29.8 Å². The molecule has 2 aromatic heterocycles. The first-order chi connectivity index (χ1) is 15.7. The molecular weight excluding hydrogens is 433 g/mol. The van der Waals surface area contributed by atoms with E-state index in [1.54, 1.807) is 24.0 Å². The Labute approximate surface area is 189 Å². The van der Waals surface area contributed by atoms with E-state index in [1.165, 1.54) is 0 Å². The number of amides is 1. The molecule has 1 aliphatic rings. The zero-order valence-electron chi connectivity index (χ0n) is 18.4. The smallest absolute Gasteiger partial charge is 0.393 e. The minimum absolute atomic E-state index is 0.00970. The van der Waals surface area contributed by atoms with E-state index in [4.69, 9.17) is 4.42 Å². The lowest BCUT2D eigenvalue weighted by Gasteiger charge is -2.20. The molecule has 1 amide bonds. The van der Waals surface area contributed by atoms with Crippen molar-refractivity contribution in [1.29, 1.82) is 0 Å². The second-order valence-corrected chi connectivity index (χ2v) is 8.32. The van der Waals surface area contributed by atoms with Crippen LogP contribution < -0.4 is 5.32 Å². The number of rotatable bonds is 6. The molecule has 174 valence electrons. The molecule has 0 saturated carbocycles. The van der Waals surface area contributed by atoms with Crippen molar-refractivity contribution >= 4 is 5.91 Å². The summed E-state index contributed by atoms with van der Waals surface area (Å²) in [5.41, 5.74) is 2.75. The van der Waals surface area contributed by atoms with Crippen LogP contribution >= 0.6 is 0 Å². The first kappa shape index (κ1) is 23.0. The predicted octanol–water partition coefficient (Wildman–Crippen LogP) is 4.28. The molecule has 9 heteroatoms. The van der Waals surface area contributed by atoms with Crippen molar-refractivity contribution in [3.8, 4) is 11.5 Å². The quantitative estimate of drug-likeness (QED) is 0.597. The third kappa shape index (κ3) is 5.42. The van der Waals surface area contributed by atoms with Gasteiger partial charge in [0.15, 0.2) is 0 Å². The van der Waals surface area contributed by atoms with Gasteiger partial charge in [0, 0.05) is 30.9 Å². The largest absolute Gasteiger partial charge is 0.441 e. The molecule has 33 heavy (non-hydrogen) atoms. The Hall–Kier alpha value is -3.20. The number of hydrogen-bond acceptors (Lipinski definition) is 5. The number of oxazole rings is 1. The Morgan fingerprint density at radius 1 is 1.09 bits per heavy atom. The minimum atomic E-state index is -4.48. The maximum atomic E-state index is 13.8. The molecule has 1 aliphatic heterocycles. The van der Waals surface area contributed by atoms with Crippen LogP contribution in [-0.2, 0) is 17.9 Å². The predicted molar refractivity (Wildman–Crippen MR) is 116 cm³/mol. The molecule has 0 spiro atoms. The third-order valence-electron chi connectivity index (χ3n) is 5.83. The van der Waals surface area contributed by atoms with Gasteiger partial charge in [-0.15, -0.1) is 0 Å². The van der Waals surface area contributed by atoms with Crippen molar-refractivity contribution in [2.24, 2.45) is 11.8 Å². The van der Waals surface area contributed by atoms with Crippen molar-refractivity contribution in [2.75, 3.05) is 13.1 Å². The summed E-state index contributed by atoms with van der Waals surface area (Å²) in [6.45, 7) is 3.55. The highest BCUT2D eigenvalue weighted by molar-refractivity contribution is 5.79. The molecule has 0 unspecified atom stereocenters. The number of carbonyl (C=O) groups is 1. The Morgan fingerprint density at radius 2 is 1.85 bits per heavy atom. The van der Waals surface area contributed by atoms with E-state index in [2.05, 4.69) is 15.3 Å². The van der Waals surface area contributed by atoms with Gasteiger partial charge in [-0.3, -0.25) is 14.7 Å². The summed E-state index contributed by atoms with van der Waals surface area (Å²) < 4.78 is 47.0. The number of nitrogens with zero attached hydrogens (tertiary/aromatic N) is 3. The fraction of sp³-hybridized carbons (Fsp3) is 0.375. The molecule has 4 rings (SSSR count). The Morgan fingerprint density at radius 3 is 2.55 bits per heavy atom. The number of alkyl halides is 3. The van der Waals surface area contributed by atoms with Crippen LogP contribution in [-0.4, -0.2) is 40.0 Å². The van der Waals surface area contributed by atoms with E-state index >= 15 is 0 Å². The van der Waals surface area contributed by atoms with Crippen molar-refractivity contribution in [3.63, 3.8) is 0 Å². The van der Waals surface area contributed by atoms with Gasteiger partial charge in [-0.25, -0.2) is 4.98 Å². The number of hydrogen-bond donors (Lipinski definition) is 1. The lowest BCUT2D eigenvalue weighted by Crippen LogP contribution is -2.40. The van der Waals surface area contributed by atoms with E-state index in [0.29, 0.717) is 23.0 Å². The number of aryl methyl sites for hydroxylation is 2. The maximum absolute atomic E-state index is 13.8. The van der Waals surface area contributed by atoms with Gasteiger partial charge in [0.2, 0.25) is 11.8 Å². The lowest BCUT2D eigenvalue weighted by molar-refractivity contribution is -0.183. The van der Waals surface area contributed by atoms with Gasteiger partial charge < -0.3 is 9.73 Å². The van der Waals surface area contributed by atoms with Crippen molar-refractivity contribution < 1.29 is 22.4 Å². The van der Waals surface area contributed by atoms with Crippen molar-refractivity contribution in [3.05, 3.63) is 71.4 Å². The second-order valence-electron chi connectivity index (χ2n) is 8.32. The number of aromatic nitrogens is 2. The Bertz CT molecular complexity index is 1110. The monoisotopic (exact) mass is 458 g/mol. The number of nitrogens with one attached hydrogen (secondary N) is 1. The summed E-state index contributed by atoms with van der Waals surface area (Å²) in [6.07, 6.45) is -4.48. The number of benzene rings is 1. The number of pyridine rings is 1. The molecule has 2 atom stereocenters. The molecule has 1 aromatic carbocycles. The first-order valence-corrected chi connectivity index (χ1v) is 10.7. The Kier molecular flexibility index (Phi) is 6.51. The first-order valence-electron chi connectivity index (χ1n) is 10.7. The minimum Gasteiger partial charge on any atom is -0.441 e. The zero-order valence-corrected chi connectivity index (χ0v) is 18.4. The van der Waals surface area contributed by atoms with Crippen LogP contribution in [0.25, 0.3) is 11.5 Å². The van der Waals surface area contributed by atoms with Crippen LogP contribution in [0.2, 0.25) is 0 Å². The van der Waals surface area contributed by atoms with Gasteiger partial charge in [0.1, 0.15) is 5.76 Å². The molecular formula is C24H25F3N4O2. The maximum Gasteiger partial charge on any atom is 0.393 e. The van der Waals surface area contributed by atoms with E-state index in [1.807, 2.05) is 43.3 Å². The molecule has 3 aromatic rings. The van der Waals surface area contributed by atoms with Crippen LogP contribution in [0.15, 0.2) is 52.9 Å². The fourth-order valence-electron chi connectivity index (χ4n) is 4.11. The highest BCUT2D eigenvalue weighted by atomic mass is 19.4. The average Bonchev–Trinajstić information content (AvgIpc) is 3.37. The number of likely N-dealkylation sites (tertiary alicyclic amines) is 1. The molecule has 1 fully saturated rings. The summed E-state index contributed by atoms with van der Waals surface area (Å²) in [6, 6.07) is 14.6. The molecule has 0 radical (unpaired) electrons. The van der Waals surface area contributed by atoms with Crippen LogP contribution in [0.3, 0.4) is 0 Å². The molecule has 1 N–H and O–H groups in total. The summed E-state index contributed by atoms with van der Waals surface area (Å²) in [5.74, 6) is -2.59. The van der Waals surface area contributed by atoms with Gasteiger partial charge in [-0.05, 0) is 38.1 Å². The van der Waals surface area contributed by atoms with Gasteiger partial charge >= 0.3 is 6.18 Å². The molecule has 0 aliphatic carbocycles. The summed E-state index contributed by atoms with van der Waals surface area (Å²) in [5, 5.41) is 2.63. The lowest BCUT2D eigenvalue weighted by atomic mass is 9.94. The fourth-order valence-corrected chi connectivity index (χ4v) is 4.11. The summed E-state index contributed by atoms with van der Waals surface area (Å²) >= 11 is 0. The van der Waals surface area contributed by atoms with Crippen LogP contribution in [0, 0.1) is 25.7 Å². The second kappa shape index (κ2) is 9.35. The van der Waals surface area contributed by atoms with Crippen LogP contribution in [0.5, 0.6) is 0 Å². The molecule has 1 saturated heterocycles. The van der Waals surface area contributed by atoms with E-state index in [-0.39, 0.29) is 26.2 Å².